The summed E-state index contributed by atoms with van der Waals surface area (Å²) in [7, 11) is 0. The van der Waals surface area contributed by atoms with Crippen molar-refractivity contribution in [3.63, 3.8) is 0 Å². The van der Waals surface area contributed by atoms with E-state index in [4.69, 9.17) is 5.73 Å². The number of rotatable bonds is 1. The Morgan fingerprint density at radius 2 is 1.79 bits per heavy atom. The van der Waals surface area contributed by atoms with E-state index in [1.165, 1.54) is 32.1 Å². The minimum atomic E-state index is -0.116. The lowest BCUT2D eigenvalue weighted by Gasteiger charge is -2.29. The maximum atomic E-state index is 6.44. The molecule has 0 amide bonds. The molecular formula is C11H18N2S. The third-order valence-corrected chi connectivity index (χ3v) is 4.10. The second kappa shape index (κ2) is 4.41. The third-order valence-electron chi connectivity index (χ3n) is 3.10. The fraction of sp³-hybridized carbons (Fsp3) is 0.727. The molecule has 2 rings (SSSR count). The molecule has 1 aromatic rings. The summed E-state index contributed by atoms with van der Waals surface area (Å²) in [5.41, 5.74) is 6.33. The molecule has 1 heterocycles. The van der Waals surface area contributed by atoms with E-state index < -0.39 is 0 Å². The van der Waals surface area contributed by atoms with Crippen LogP contribution in [-0.4, -0.2) is 4.98 Å². The Balaban J connectivity index is 2.11. The lowest BCUT2D eigenvalue weighted by Crippen LogP contribution is -2.37. The molecular weight excluding hydrogens is 192 g/mol. The lowest BCUT2D eigenvalue weighted by molar-refractivity contribution is 0.322. The summed E-state index contributed by atoms with van der Waals surface area (Å²) in [5, 5.41) is 3.17. The molecule has 3 heteroatoms. The predicted octanol–water partition coefficient (Wildman–Crippen LogP) is 3.04. The number of thiazole rings is 1. The molecule has 2 nitrogen and oxygen atoms in total. The summed E-state index contributed by atoms with van der Waals surface area (Å²) in [6.07, 6.45) is 10.7. The summed E-state index contributed by atoms with van der Waals surface area (Å²) in [5.74, 6) is 0. The lowest BCUT2D eigenvalue weighted by atomic mass is 9.85. The zero-order valence-electron chi connectivity index (χ0n) is 8.54. The second-order valence-electron chi connectivity index (χ2n) is 4.26. The number of nitrogens with zero attached hydrogens (tertiary/aromatic N) is 1. The molecule has 14 heavy (non-hydrogen) atoms. The minimum Gasteiger partial charge on any atom is -0.319 e. The van der Waals surface area contributed by atoms with Crippen molar-refractivity contribution in [3.05, 3.63) is 16.6 Å². The van der Waals surface area contributed by atoms with Crippen LogP contribution in [0, 0.1) is 0 Å². The Morgan fingerprint density at radius 3 is 2.36 bits per heavy atom. The molecule has 1 saturated carbocycles. The van der Waals surface area contributed by atoms with Crippen LogP contribution in [0.15, 0.2) is 11.6 Å². The van der Waals surface area contributed by atoms with Crippen LogP contribution in [0.4, 0.5) is 0 Å². The van der Waals surface area contributed by atoms with Crippen molar-refractivity contribution in [3.8, 4) is 0 Å². The zero-order chi connectivity index (χ0) is 9.86. The first kappa shape index (κ1) is 10.1. The molecule has 0 saturated heterocycles. The van der Waals surface area contributed by atoms with Crippen molar-refractivity contribution in [1.29, 1.82) is 0 Å². The van der Waals surface area contributed by atoms with E-state index in [1.807, 2.05) is 11.6 Å². The normalized spacial score (nSPS) is 22.6. The summed E-state index contributed by atoms with van der Waals surface area (Å²) < 4.78 is 0. The predicted molar refractivity (Wildman–Crippen MR) is 60.3 cm³/mol. The van der Waals surface area contributed by atoms with Gasteiger partial charge in [0.25, 0.3) is 0 Å². The van der Waals surface area contributed by atoms with E-state index in [0.717, 1.165) is 17.8 Å². The van der Waals surface area contributed by atoms with Gasteiger partial charge in [0.05, 0.1) is 5.54 Å². The Kier molecular flexibility index (Phi) is 3.19. The molecule has 1 fully saturated rings. The van der Waals surface area contributed by atoms with Crippen LogP contribution in [0.3, 0.4) is 0 Å². The Hall–Kier alpha value is -0.410. The average molecular weight is 210 g/mol. The average Bonchev–Trinajstić information content (AvgIpc) is 2.65. The molecule has 1 aliphatic carbocycles. The molecule has 0 aromatic carbocycles. The summed E-state index contributed by atoms with van der Waals surface area (Å²) >= 11 is 1.71. The first-order valence-corrected chi connectivity index (χ1v) is 6.38. The highest BCUT2D eigenvalue weighted by molar-refractivity contribution is 7.09. The summed E-state index contributed by atoms with van der Waals surface area (Å²) in [4.78, 5) is 4.38. The Labute approximate surface area is 89.5 Å². The smallest absolute Gasteiger partial charge is 0.112 e. The topological polar surface area (TPSA) is 38.9 Å². The van der Waals surface area contributed by atoms with Gasteiger partial charge in [-0.2, -0.15) is 0 Å². The molecule has 0 atom stereocenters. The second-order valence-corrected chi connectivity index (χ2v) is 5.16. The quantitative estimate of drug-likeness (QED) is 0.773. The first-order valence-electron chi connectivity index (χ1n) is 5.50. The van der Waals surface area contributed by atoms with Gasteiger partial charge in [-0.3, -0.25) is 0 Å². The number of hydrogen-bond donors (Lipinski definition) is 1. The molecule has 78 valence electrons. The molecule has 0 unspecified atom stereocenters. The van der Waals surface area contributed by atoms with Crippen LogP contribution in [0.5, 0.6) is 0 Å². The van der Waals surface area contributed by atoms with Gasteiger partial charge in [0.15, 0.2) is 0 Å². The van der Waals surface area contributed by atoms with E-state index in [1.54, 1.807) is 11.3 Å². The van der Waals surface area contributed by atoms with Crippen molar-refractivity contribution in [2.24, 2.45) is 5.73 Å². The Morgan fingerprint density at radius 1 is 1.14 bits per heavy atom. The summed E-state index contributed by atoms with van der Waals surface area (Å²) in [6, 6.07) is 0. The molecule has 0 spiro atoms. The van der Waals surface area contributed by atoms with Gasteiger partial charge in [0, 0.05) is 11.6 Å². The fourth-order valence-electron chi connectivity index (χ4n) is 2.22. The molecule has 2 N–H and O–H groups in total. The molecule has 0 bridgehead atoms. The SMILES string of the molecule is NC1(c2nccs2)CCCCCCC1. The monoisotopic (exact) mass is 210 g/mol. The highest BCUT2D eigenvalue weighted by Crippen LogP contribution is 2.33. The number of aromatic nitrogens is 1. The Bertz CT molecular complexity index is 261. The van der Waals surface area contributed by atoms with Crippen molar-refractivity contribution in [1.82, 2.24) is 4.98 Å². The molecule has 0 aliphatic heterocycles. The van der Waals surface area contributed by atoms with Crippen molar-refractivity contribution in [2.75, 3.05) is 0 Å². The van der Waals surface area contributed by atoms with Crippen LogP contribution in [0.25, 0.3) is 0 Å². The number of hydrogen-bond acceptors (Lipinski definition) is 3. The van der Waals surface area contributed by atoms with Gasteiger partial charge in [-0.1, -0.05) is 32.1 Å². The van der Waals surface area contributed by atoms with Gasteiger partial charge < -0.3 is 5.73 Å². The maximum absolute atomic E-state index is 6.44. The molecule has 1 aromatic heterocycles. The first-order chi connectivity index (χ1) is 6.81. The van der Waals surface area contributed by atoms with E-state index >= 15 is 0 Å². The fourth-order valence-corrected chi connectivity index (χ4v) is 3.03. The number of nitrogens with two attached hydrogens (primary N) is 1. The highest BCUT2D eigenvalue weighted by Gasteiger charge is 2.29. The van der Waals surface area contributed by atoms with Crippen molar-refractivity contribution in [2.45, 2.75) is 50.5 Å². The zero-order valence-corrected chi connectivity index (χ0v) is 9.35. The van der Waals surface area contributed by atoms with Gasteiger partial charge in [0.1, 0.15) is 5.01 Å². The van der Waals surface area contributed by atoms with Crippen molar-refractivity contribution >= 4 is 11.3 Å². The standard InChI is InChI=1S/C11H18N2S/c12-11(10-13-8-9-14-10)6-4-2-1-3-5-7-11/h8-9H,1-7,12H2. The largest absolute Gasteiger partial charge is 0.319 e. The highest BCUT2D eigenvalue weighted by atomic mass is 32.1. The van der Waals surface area contributed by atoms with E-state index in [0.29, 0.717) is 0 Å². The van der Waals surface area contributed by atoms with Gasteiger partial charge in [-0.05, 0) is 12.8 Å². The van der Waals surface area contributed by atoms with Crippen molar-refractivity contribution < 1.29 is 0 Å². The summed E-state index contributed by atoms with van der Waals surface area (Å²) in [6.45, 7) is 0. The molecule has 0 radical (unpaired) electrons. The molecule has 1 aliphatic rings. The van der Waals surface area contributed by atoms with E-state index in [9.17, 15) is 0 Å². The maximum Gasteiger partial charge on any atom is 0.112 e. The van der Waals surface area contributed by atoms with Crippen LogP contribution < -0.4 is 5.73 Å². The van der Waals surface area contributed by atoms with Gasteiger partial charge in [-0.25, -0.2) is 4.98 Å². The van der Waals surface area contributed by atoms with Gasteiger partial charge >= 0.3 is 0 Å². The van der Waals surface area contributed by atoms with E-state index in [-0.39, 0.29) is 5.54 Å². The van der Waals surface area contributed by atoms with Crippen LogP contribution in [0.1, 0.15) is 50.0 Å². The van der Waals surface area contributed by atoms with E-state index in [2.05, 4.69) is 4.98 Å². The van der Waals surface area contributed by atoms with Crippen LogP contribution >= 0.6 is 11.3 Å². The van der Waals surface area contributed by atoms with Crippen LogP contribution in [-0.2, 0) is 5.54 Å². The van der Waals surface area contributed by atoms with Gasteiger partial charge in [0.2, 0.25) is 0 Å². The van der Waals surface area contributed by atoms with Gasteiger partial charge in [-0.15, -0.1) is 11.3 Å². The minimum absolute atomic E-state index is 0.116. The van der Waals surface area contributed by atoms with Crippen LogP contribution in [0.2, 0.25) is 0 Å². The third kappa shape index (κ3) is 2.15.